The number of likely N-dealkylation sites (tertiary alicyclic amines) is 1. The van der Waals surface area contributed by atoms with E-state index in [1.165, 1.54) is 0 Å². The van der Waals surface area contributed by atoms with E-state index in [1.807, 2.05) is 20.8 Å². The maximum Gasteiger partial charge on any atom is 0.345 e. The van der Waals surface area contributed by atoms with E-state index in [0.717, 1.165) is 19.4 Å². The molecule has 0 aromatic carbocycles. The molecule has 25 heavy (non-hydrogen) atoms. The highest BCUT2D eigenvalue weighted by Gasteiger charge is 2.33. The predicted molar refractivity (Wildman–Crippen MR) is 96.7 cm³/mol. The first kappa shape index (κ1) is 19.6. The number of carbonyl (C=O) groups is 1. The lowest BCUT2D eigenvalue weighted by molar-refractivity contribution is 0.0923. The van der Waals surface area contributed by atoms with Crippen LogP contribution in [0.5, 0.6) is 0 Å². The lowest BCUT2D eigenvalue weighted by atomic mass is 9.91. The fraction of sp³-hybridized carbons (Fsp3) is 0.722. The molecule has 7 nitrogen and oxygen atoms in total. The summed E-state index contributed by atoms with van der Waals surface area (Å²) in [6, 6.07) is 1.67. The summed E-state index contributed by atoms with van der Waals surface area (Å²) < 4.78 is 0. The first-order chi connectivity index (χ1) is 11.7. The van der Waals surface area contributed by atoms with Gasteiger partial charge < -0.3 is 15.4 Å². The van der Waals surface area contributed by atoms with Gasteiger partial charge in [-0.25, -0.2) is 4.79 Å². The Morgan fingerprint density at radius 1 is 1.44 bits per heavy atom. The number of rotatable bonds is 6. The van der Waals surface area contributed by atoms with Crippen molar-refractivity contribution in [3.8, 4) is 0 Å². The molecule has 1 aliphatic heterocycles. The van der Waals surface area contributed by atoms with Gasteiger partial charge in [0.15, 0.2) is 0 Å². The number of aliphatic hydroxyl groups is 1. The third-order valence-electron chi connectivity index (χ3n) is 4.69. The first-order valence-corrected chi connectivity index (χ1v) is 9.00. The maximum absolute atomic E-state index is 12.7. The number of H-pyrrole nitrogens is 1. The van der Waals surface area contributed by atoms with Gasteiger partial charge in [0.1, 0.15) is 5.69 Å². The predicted octanol–water partition coefficient (Wildman–Crippen LogP) is 0.890. The summed E-state index contributed by atoms with van der Waals surface area (Å²) in [5.74, 6) is 0.0399. The molecule has 1 aromatic rings. The van der Waals surface area contributed by atoms with Crippen molar-refractivity contribution in [2.24, 2.45) is 5.92 Å². The van der Waals surface area contributed by atoms with Gasteiger partial charge in [0.2, 0.25) is 0 Å². The average Bonchev–Trinajstić information content (AvgIpc) is 2.88. The van der Waals surface area contributed by atoms with Crippen LogP contribution in [0.4, 0.5) is 0 Å². The number of amides is 1. The van der Waals surface area contributed by atoms with Crippen LogP contribution in [-0.4, -0.2) is 58.2 Å². The highest BCUT2D eigenvalue weighted by Crippen LogP contribution is 2.22. The van der Waals surface area contributed by atoms with Crippen LogP contribution in [0.3, 0.4) is 0 Å². The van der Waals surface area contributed by atoms with Crippen molar-refractivity contribution in [1.29, 1.82) is 0 Å². The molecule has 1 aromatic heterocycles. The molecule has 0 radical (unpaired) electrons. The van der Waals surface area contributed by atoms with Gasteiger partial charge in [0.05, 0.1) is 6.61 Å². The normalized spacial score (nSPS) is 21.5. The maximum atomic E-state index is 12.7. The van der Waals surface area contributed by atoms with Crippen LogP contribution >= 0.6 is 0 Å². The second-order valence-corrected chi connectivity index (χ2v) is 7.85. The Balaban J connectivity index is 2.15. The molecule has 140 valence electrons. The molecule has 3 N–H and O–H groups in total. The largest absolute Gasteiger partial charge is 0.395 e. The van der Waals surface area contributed by atoms with E-state index in [-0.39, 0.29) is 29.7 Å². The Kier molecular flexibility index (Phi) is 6.35. The van der Waals surface area contributed by atoms with Gasteiger partial charge in [-0.05, 0) is 18.4 Å². The Bertz CT molecular complexity index is 650. The number of aromatic nitrogens is 2. The highest BCUT2D eigenvalue weighted by atomic mass is 16.3. The molecule has 1 fully saturated rings. The summed E-state index contributed by atoms with van der Waals surface area (Å²) in [5.41, 5.74) is 0.0734. The zero-order chi connectivity index (χ0) is 18.6. The molecule has 1 aliphatic rings. The van der Waals surface area contributed by atoms with Gasteiger partial charge in [-0.3, -0.25) is 9.69 Å². The minimum Gasteiger partial charge on any atom is -0.395 e. The zero-order valence-corrected chi connectivity index (χ0v) is 15.6. The van der Waals surface area contributed by atoms with Crippen molar-refractivity contribution >= 4 is 5.91 Å². The van der Waals surface area contributed by atoms with Crippen LogP contribution in [0.25, 0.3) is 0 Å². The molecule has 7 heteroatoms. The molecule has 1 amide bonds. The summed E-state index contributed by atoms with van der Waals surface area (Å²) in [4.78, 5) is 33.2. The minimum atomic E-state index is -0.504. The molecule has 0 spiro atoms. The van der Waals surface area contributed by atoms with E-state index < -0.39 is 5.69 Å². The number of aromatic amines is 1. The van der Waals surface area contributed by atoms with Crippen LogP contribution in [0, 0.1) is 5.92 Å². The van der Waals surface area contributed by atoms with E-state index in [4.69, 9.17) is 5.11 Å². The fourth-order valence-corrected chi connectivity index (χ4v) is 3.33. The van der Waals surface area contributed by atoms with Crippen LogP contribution in [-0.2, 0) is 5.41 Å². The molecule has 2 heterocycles. The number of aliphatic hydroxyl groups excluding tert-OH is 1. The Labute approximate surface area is 148 Å². The van der Waals surface area contributed by atoms with Gasteiger partial charge in [-0.2, -0.15) is 4.98 Å². The van der Waals surface area contributed by atoms with Gasteiger partial charge in [0.25, 0.3) is 5.91 Å². The van der Waals surface area contributed by atoms with Crippen molar-refractivity contribution in [3.05, 3.63) is 27.9 Å². The molecule has 2 rings (SSSR count). The molecular formula is C18H30N4O3. The van der Waals surface area contributed by atoms with Gasteiger partial charge >= 0.3 is 5.69 Å². The quantitative estimate of drug-likeness (QED) is 0.708. The summed E-state index contributed by atoms with van der Waals surface area (Å²) in [6.07, 6.45) is 2.06. The second kappa shape index (κ2) is 8.10. The summed E-state index contributed by atoms with van der Waals surface area (Å²) >= 11 is 0. The number of nitrogens with one attached hydrogen (secondary N) is 2. The van der Waals surface area contributed by atoms with Crippen molar-refractivity contribution in [3.63, 3.8) is 0 Å². The first-order valence-electron chi connectivity index (χ1n) is 9.00. The number of β-amino-alcohol motifs (C(OH)–C–C–N with tert-alkyl or cyclic N) is 1. The average molecular weight is 350 g/mol. The molecule has 0 bridgehead atoms. The Morgan fingerprint density at radius 3 is 2.76 bits per heavy atom. The van der Waals surface area contributed by atoms with Crippen molar-refractivity contribution in [1.82, 2.24) is 20.2 Å². The lowest BCUT2D eigenvalue weighted by Gasteiger charge is -2.21. The number of carbonyl (C=O) groups excluding carboxylic acids is 1. The monoisotopic (exact) mass is 350 g/mol. The van der Waals surface area contributed by atoms with E-state index >= 15 is 0 Å². The summed E-state index contributed by atoms with van der Waals surface area (Å²) in [6.45, 7) is 10.4. The van der Waals surface area contributed by atoms with Crippen molar-refractivity contribution < 1.29 is 9.90 Å². The van der Waals surface area contributed by atoms with Crippen molar-refractivity contribution in [2.75, 3.05) is 26.2 Å². The SMILES string of the molecule is CCC[C@H]1CN(CCO)C[C@@H]1NC(=O)c1cc(C(C)(C)C)[nH]c(=O)n1. The molecule has 2 atom stereocenters. The second-order valence-electron chi connectivity index (χ2n) is 7.85. The Morgan fingerprint density at radius 2 is 2.16 bits per heavy atom. The van der Waals surface area contributed by atoms with Crippen LogP contribution < -0.4 is 11.0 Å². The highest BCUT2D eigenvalue weighted by molar-refractivity contribution is 5.92. The van der Waals surface area contributed by atoms with E-state index in [0.29, 0.717) is 24.7 Å². The van der Waals surface area contributed by atoms with Gasteiger partial charge in [0, 0.05) is 36.8 Å². The smallest absolute Gasteiger partial charge is 0.345 e. The number of nitrogens with zero attached hydrogens (tertiary/aromatic N) is 2. The van der Waals surface area contributed by atoms with E-state index in [9.17, 15) is 9.59 Å². The lowest BCUT2D eigenvalue weighted by Crippen LogP contribution is -2.41. The topological polar surface area (TPSA) is 98.3 Å². The van der Waals surface area contributed by atoms with Gasteiger partial charge in [-0.1, -0.05) is 34.1 Å². The standard InChI is InChI=1S/C18H30N4O3/c1-5-6-12-10-22(7-8-23)11-14(12)19-16(24)13-9-15(18(2,3)4)21-17(25)20-13/h9,12,14,23H,5-8,10-11H2,1-4H3,(H,19,24)(H,20,21,25)/t12-,14-/m0/s1. The van der Waals surface area contributed by atoms with E-state index in [2.05, 4.69) is 27.1 Å². The van der Waals surface area contributed by atoms with Crippen molar-refractivity contribution in [2.45, 2.75) is 52.0 Å². The fourth-order valence-electron chi connectivity index (χ4n) is 3.33. The Hall–Kier alpha value is -1.73. The minimum absolute atomic E-state index is 0.0122. The van der Waals surface area contributed by atoms with Crippen LogP contribution in [0.1, 0.15) is 56.7 Å². The van der Waals surface area contributed by atoms with E-state index in [1.54, 1.807) is 6.07 Å². The molecular weight excluding hydrogens is 320 g/mol. The molecule has 1 saturated heterocycles. The molecule has 0 aliphatic carbocycles. The third-order valence-corrected chi connectivity index (χ3v) is 4.69. The summed E-state index contributed by atoms with van der Waals surface area (Å²) in [7, 11) is 0. The molecule has 0 saturated carbocycles. The zero-order valence-electron chi connectivity index (χ0n) is 15.6. The van der Waals surface area contributed by atoms with Crippen LogP contribution in [0.15, 0.2) is 10.9 Å². The van der Waals surface area contributed by atoms with Gasteiger partial charge in [-0.15, -0.1) is 0 Å². The van der Waals surface area contributed by atoms with Crippen LogP contribution in [0.2, 0.25) is 0 Å². The summed E-state index contributed by atoms with van der Waals surface area (Å²) in [5, 5.41) is 12.2. The molecule has 0 unspecified atom stereocenters. The number of hydrogen-bond acceptors (Lipinski definition) is 5. The third kappa shape index (κ3) is 5.12. The number of hydrogen-bond donors (Lipinski definition) is 3.